The topological polar surface area (TPSA) is 41.6 Å². The summed E-state index contributed by atoms with van der Waals surface area (Å²) in [6, 6.07) is 17.0. The van der Waals surface area contributed by atoms with Crippen LogP contribution in [0.1, 0.15) is 31.2 Å². The number of piperidine rings is 1. The van der Waals surface area contributed by atoms with Crippen LogP contribution in [-0.4, -0.2) is 41.8 Å². The third-order valence-electron chi connectivity index (χ3n) is 5.95. The third kappa shape index (κ3) is 5.27. The molecule has 2 aliphatic rings. The lowest BCUT2D eigenvalue weighted by Crippen LogP contribution is -2.40. The first-order valence-electron chi connectivity index (χ1n) is 10.2. The summed E-state index contributed by atoms with van der Waals surface area (Å²) in [7, 11) is 2.26. The van der Waals surface area contributed by atoms with Gasteiger partial charge in [-0.25, -0.2) is 0 Å². The molecule has 29 heavy (non-hydrogen) atoms. The summed E-state index contributed by atoms with van der Waals surface area (Å²) in [5.41, 5.74) is 1.06. The number of benzene rings is 2. The van der Waals surface area contributed by atoms with Gasteiger partial charge in [-0.3, -0.25) is 4.79 Å². The average Bonchev–Trinajstić information content (AvgIpc) is 2.93. The first-order valence-corrected chi connectivity index (χ1v) is 11.5. The highest BCUT2D eigenvalue weighted by Crippen LogP contribution is 2.43. The number of halogens is 1. The van der Waals surface area contributed by atoms with Crippen molar-refractivity contribution in [2.45, 2.75) is 54.5 Å². The zero-order valence-electron chi connectivity index (χ0n) is 16.6. The lowest BCUT2D eigenvalue weighted by molar-refractivity contribution is -0.123. The number of hydrogen-bond acceptors (Lipinski definition) is 4. The summed E-state index contributed by atoms with van der Waals surface area (Å²) in [4.78, 5) is 15.7. The van der Waals surface area contributed by atoms with Gasteiger partial charge in [-0.05, 0) is 56.5 Å². The SMILES string of the molecule is CN1C2CCC1CC(Sc1ccc(OCC(=O)NCc3ccccc3)cc1Cl)C2. The molecule has 1 amide bonds. The van der Waals surface area contributed by atoms with E-state index in [1.54, 1.807) is 0 Å². The van der Waals surface area contributed by atoms with Crippen LogP contribution in [0.2, 0.25) is 5.02 Å². The molecule has 4 nitrogen and oxygen atoms in total. The number of carbonyl (C=O) groups excluding carboxylic acids is 1. The summed E-state index contributed by atoms with van der Waals surface area (Å²) < 4.78 is 5.63. The largest absolute Gasteiger partial charge is 0.484 e. The quantitative estimate of drug-likeness (QED) is 0.688. The Balaban J connectivity index is 1.26. The van der Waals surface area contributed by atoms with Gasteiger partial charge < -0.3 is 15.0 Å². The van der Waals surface area contributed by atoms with E-state index in [1.165, 1.54) is 25.7 Å². The van der Waals surface area contributed by atoms with Gasteiger partial charge in [0.2, 0.25) is 0 Å². The number of rotatable bonds is 7. The Morgan fingerprint density at radius 3 is 2.59 bits per heavy atom. The molecular formula is C23H27ClN2O2S. The number of nitrogens with zero attached hydrogens (tertiary/aromatic N) is 1. The molecule has 2 heterocycles. The lowest BCUT2D eigenvalue weighted by atomic mass is 10.0. The fraction of sp³-hybridized carbons (Fsp3) is 0.435. The molecule has 2 bridgehead atoms. The fourth-order valence-corrected chi connectivity index (χ4v) is 5.92. The molecule has 1 N–H and O–H groups in total. The maximum Gasteiger partial charge on any atom is 0.258 e. The van der Waals surface area contributed by atoms with Crippen molar-refractivity contribution >= 4 is 29.3 Å². The second kappa shape index (κ2) is 9.41. The number of thioether (sulfide) groups is 1. The van der Waals surface area contributed by atoms with Crippen LogP contribution in [0.4, 0.5) is 0 Å². The van der Waals surface area contributed by atoms with Gasteiger partial charge in [0.1, 0.15) is 5.75 Å². The van der Waals surface area contributed by atoms with E-state index in [9.17, 15) is 4.79 Å². The molecule has 2 unspecified atom stereocenters. The van der Waals surface area contributed by atoms with Crippen molar-refractivity contribution in [3.63, 3.8) is 0 Å². The molecule has 154 valence electrons. The Morgan fingerprint density at radius 2 is 1.90 bits per heavy atom. The molecule has 0 aliphatic carbocycles. The van der Waals surface area contributed by atoms with Crippen molar-refractivity contribution in [2.24, 2.45) is 0 Å². The predicted octanol–water partition coefficient (Wildman–Crippen LogP) is 4.75. The number of carbonyl (C=O) groups is 1. The van der Waals surface area contributed by atoms with E-state index in [1.807, 2.05) is 60.3 Å². The van der Waals surface area contributed by atoms with Crippen LogP contribution in [0.25, 0.3) is 0 Å². The van der Waals surface area contributed by atoms with Gasteiger partial charge in [0.05, 0.1) is 5.02 Å². The number of ether oxygens (including phenoxy) is 1. The van der Waals surface area contributed by atoms with Gasteiger partial charge in [-0.15, -0.1) is 11.8 Å². The molecular weight excluding hydrogens is 404 g/mol. The van der Waals surface area contributed by atoms with E-state index < -0.39 is 0 Å². The van der Waals surface area contributed by atoms with Crippen molar-refractivity contribution in [2.75, 3.05) is 13.7 Å². The fourth-order valence-electron chi connectivity index (χ4n) is 4.30. The van der Waals surface area contributed by atoms with E-state index >= 15 is 0 Å². The minimum atomic E-state index is -0.148. The minimum Gasteiger partial charge on any atom is -0.484 e. The maximum absolute atomic E-state index is 12.0. The molecule has 0 saturated carbocycles. The molecule has 2 fully saturated rings. The van der Waals surface area contributed by atoms with Gasteiger partial charge in [-0.2, -0.15) is 0 Å². The summed E-state index contributed by atoms with van der Waals surface area (Å²) >= 11 is 8.40. The zero-order chi connectivity index (χ0) is 20.2. The minimum absolute atomic E-state index is 0.0199. The first-order chi connectivity index (χ1) is 14.1. The van der Waals surface area contributed by atoms with Crippen molar-refractivity contribution in [3.05, 3.63) is 59.1 Å². The molecule has 2 aromatic rings. The highest BCUT2D eigenvalue weighted by atomic mass is 35.5. The second-order valence-electron chi connectivity index (χ2n) is 7.90. The van der Waals surface area contributed by atoms with Crippen LogP contribution in [0.3, 0.4) is 0 Å². The Hall–Kier alpha value is -1.69. The van der Waals surface area contributed by atoms with Crippen LogP contribution >= 0.6 is 23.4 Å². The highest BCUT2D eigenvalue weighted by Gasteiger charge is 2.38. The number of fused-ring (bicyclic) bond motifs is 2. The van der Waals surface area contributed by atoms with E-state index in [0.717, 1.165) is 22.5 Å². The van der Waals surface area contributed by atoms with E-state index in [0.29, 0.717) is 22.6 Å². The molecule has 2 aromatic carbocycles. The standard InChI is InChI=1S/C23H27ClN2O2S/c1-26-17-7-8-18(26)12-20(11-17)29-22-10-9-19(13-21(22)24)28-15-23(27)25-14-16-5-3-2-4-6-16/h2-6,9-10,13,17-18,20H,7-8,11-12,14-15H2,1H3,(H,25,27). The molecule has 4 rings (SSSR count). The van der Waals surface area contributed by atoms with Crippen LogP contribution < -0.4 is 10.1 Å². The van der Waals surface area contributed by atoms with Gasteiger partial charge >= 0.3 is 0 Å². The summed E-state index contributed by atoms with van der Waals surface area (Å²) in [6.45, 7) is 0.478. The van der Waals surface area contributed by atoms with Gasteiger partial charge in [0.15, 0.2) is 6.61 Å². The third-order valence-corrected chi connectivity index (χ3v) is 7.71. The molecule has 6 heteroatoms. The number of amides is 1. The monoisotopic (exact) mass is 430 g/mol. The normalized spacial score (nSPS) is 23.7. The Morgan fingerprint density at radius 1 is 1.17 bits per heavy atom. The van der Waals surface area contributed by atoms with E-state index in [4.69, 9.17) is 16.3 Å². The number of hydrogen-bond donors (Lipinski definition) is 1. The van der Waals surface area contributed by atoms with Gasteiger partial charge in [0, 0.05) is 28.8 Å². The lowest BCUT2D eigenvalue weighted by Gasteiger charge is -2.36. The van der Waals surface area contributed by atoms with Gasteiger partial charge in [-0.1, -0.05) is 41.9 Å². The van der Waals surface area contributed by atoms with Crippen molar-refractivity contribution in [1.29, 1.82) is 0 Å². The first kappa shape index (κ1) is 20.6. The zero-order valence-corrected chi connectivity index (χ0v) is 18.2. The summed E-state index contributed by atoms with van der Waals surface area (Å²) in [5, 5.41) is 4.18. The highest BCUT2D eigenvalue weighted by molar-refractivity contribution is 8.00. The molecule has 2 saturated heterocycles. The van der Waals surface area contributed by atoms with Crippen molar-refractivity contribution in [1.82, 2.24) is 10.2 Å². The average molecular weight is 431 g/mol. The van der Waals surface area contributed by atoms with Crippen LogP contribution in [0, 0.1) is 0 Å². The van der Waals surface area contributed by atoms with Crippen LogP contribution in [0.5, 0.6) is 5.75 Å². The van der Waals surface area contributed by atoms with Crippen molar-refractivity contribution < 1.29 is 9.53 Å². The Bertz CT molecular complexity index is 834. The van der Waals surface area contributed by atoms with Crippen LogP contribution in [-0.2, 0) is 11.3 Å². The van der Waals surface area contributed by atoms with Gasteiger partial charge in [0.25, 0.3) is 5.91 Å². The maximum atomic E-state index is 12.0. The Labute approximate surface area is 182 Å². The molecule has 2 aliphatic heterocycles. The molecule has 0 spiro atoms. The summed E-state index contributed by atoms with van der Waals surface area (Å²) in [6.07, 6.45) is 5.11. The van der Waals surface area contributed by atoms with Crippen LogP contribution in [0.15, 0.2) is 53.4 Å². The Kier molecular flexibility index (Phi) is 6.68. The molecule has 0 aromatic heterocycles. The van der Waals surface area contributed by atoms with E-state index in [-0.39, 0.29) is 12.5 Å². The molecule has 0 radical (unpaired) electrons. The predicted molar refractivity (Wildman–Crippen MR) is 119 cm³/mol. The van der Waals surface area contributed by atoms with E-state index in [2.05, 4.69) is 17.3 Å². The number of nitrogens with one attached hydrogen (secondary N) is 1. The molecule has 2 atom stereocenters. The smallest absolute Gasteiger partial charge is 0.258 e. The van der Waals surface area contributed by atoms with Crippen molar-refractivity contribution in [3.8, 4) is 5.75 Å². The second-order valence-corrected chi connectivity index (χ2v) is 9.65. The summed E-state index contributed by atoms with van der Waals surface area (Å²) in [5.74, 6) is 0.475.